The van der Waals surface area contributed by atoms with Gasteiger partial charge in [-0.2, -0.15) is 0 Å². The number of aryl methyl sites for hydroxylation is 1. The topological polar surface area (TPSA) is 49.4 Å². The zero-order valence-electron chi connectivity index (χ0n) is 11.9. The molecule has 1 aliphatic rings. The summed E-state index contributed by atoms with van der Waals surface area (Å²) in [4.78, 5) is 25.9. The molecule has 4 nitrogen and oxygen atoms in total. The molecule has 1 N–H and O–H groups in total. The quantitative estimate of drug-likeness (QED) is 0.920. The molecule has 0 aliphatic carbocycles. The van der Waals surface area contributed by atoms with Gasteiger partial charge in [-0.3, -0.25) is 9.59 Å². The molecule has 1 aliphatic heterocycles. The van der Waals surface area contributed by atoms with Crippen LogP contribution < -0.4 is 10.2 Å². The lowest BCUT2D eigenvalue weighted by molar-refractivity contribution is -0.131. The van der Waals surface area contributed by atoms with Crippen LogP contribution in [0.5, 0.6) is 0 Å². The van der Waals surface area contributed by atoms with Crippen molar-refractivity contribution < 1.29 is 9.59 Å². The van der Waals surface area contributed by atoms with Crippen LogP contribution in [0.3, 0.4) is 0 Å². The highest BCUT2D eigenvalue weighted by atomic mass is 79.9. The number of nitrogens with one attached hydrogen (secondary N) is 1. The van der Waals surface area contributed by atoms with Gasteiger partial charge < -0.3 is 10.2 Å². The summed E-state index contributed by atoms with van der Waals surface area (Å²) in [6.07, 6.45) is 0.661. The van der Waals surface area contributed by atoms with Crippen LogP contribution in [0.2, 0.25) is 0 Å². The van der Waals surface area contributed by atoms with Gasteiger partial charge >= 0.3 is 0 Å². The smallest absolute Gasteiger partial charge is 0.250 e. The monoisotopic (exact) mass is 338 g/mol. The van der Waals surface area contributed by atoms with E-state index in [9.17, 15) is 9.59 Å². The van der Waals surface area contributed by atoms with Gasteiger partial charge in [-0.15, -0.1) is 0 Å². The Hall–Kier alpha value is -1.36. The summed E-state index contributed by atoms with van der Waals surface area (Å²) < 4.78 is 0.939. The van der Waals surface area contributed by atoms with E-state index >= 15 is 0 Å². The number of anilines is 1. The van der Waals surface area contributed by atoms with E-state index in [0.717, 1.165) is 15.7 Å². The third-order valence-corrected chi connectivity index (χ3v) is 4.23. The number of rotatable bonds is 3. The average Bonchev–Trinajstić information content (AvgIpc) is 2.36. The molecular weight excluding hydrogens is 320 g/mol. The Morgan fingerprint density at radius 1 is 1.40 bits per heavy atom. The molecular formula is C15H19BrN2O2. The number of hydrogen-bond donors (Lipinski definition) is 1. The van der Waals surface area contributed by atoms with Crippen molar-refractivity contribution in [3.63, 3.8) is 0 Å². The zero-order chi connectivity index (χ0) is 14.9. The molecule has 5 heteroatoms. The van der Waals surface area contributed by atoms with Crippen molar-refractivity contribution in [2.45, 2.75) is 33.2 Å². The largest absolute Gasteiger partial charge is 0.343 e. The molecule has 108 valence electrons. The van der Waals surface area contributed by atoms with Crippen molar-refractivity contribution in [2.75, 3.05) is 11.4 Å². The predicted molar refractivity (Wildman–Crippen MR) is 82.6 cm³/mol. The van der Waals surface area contributed by atoms with Crippen LogP contribution >= 0.6 is 15.9 Å². The first-order chi connectivity index (χ1) is 9.38. The third kappa shape index (κ3) is 3.20. The summed E-state index contributed by atoms with van der Waals surface area (Å²) in [6.45, 7) is 6.16. The second-order valence-electron chi connectivity index (χ2n) is 5.61. The molecule has 1 aromatic rings. The van der Waals surface area contributed by atoms with Gasteiger partial charge in [0.05, 0.1) is 0 Å². The molecule has 1 heterocycles. The van der Waals surface area contributed by atoms with Crippen LogP contribution in [0.25, 0.3) is 0 Å². The molecule has 0 aromatic heterocycles. The summed E-state index contributed by atoms with van der Waals surface area (Å²) in [5.41, 5.74) is 1.86. The molecule has 1 saturated heterocycles. The fourth-order valence-electron chi connectivity index (χ4n) is 2.31. The fourth-order valence-corrected chi connectivity index (χ4v) is 2.68. The van der Waals surface area contributed by atoms with Crippen LogP contribution in [0, 0.1) is 12.8 Å². The number of carbonyl (C=O) groups is 2. The van der Waals surface area contributed by atoms with Gasteiger partial charge in [-0.1, -0.05) is 35.8 Å². The lowest BCUT2D eigenvalue weighted by Gasteiger charge is -2.33. The molecule has 0 spiro atoms. The van der Waals surface area contributed by atoms with Gasteiger partial charge in [0.25, 0.3) is 0 Å². The lowest BCUT2D eigenvalue weighted by atomic mass is 10.0. The number of hydrogen-bond acceptors (Lipinski definition) is 2. The van der Waals surface area contributed by atoms with Crippen LogP contribution in [0.15, 0.2) is 22.7 Å². The molecule has 0 radical (unpaired) electrons. The van der Waals surface area contributed by atoms with Crippen molar-refractivity contribution >= 4 is 33.4 Å². The van der Waals surface area contributed by atoms with E-state index in [1.807, 2.05) is 39.0 Å². The minimum atomic E-state index is -0.420. The van der Waals surface area contributed by atoms with E-state index in [4.69, 9.17) is 0 Å². The molecule has 0 saturated carbocycles. The maximum atomic E-state index is 12.5. The number of amides is 2. The fraction of sp³-hybridized carbons (Fsp3) is 0.467. The Morgan fingerprint density at radius 2 is 2.10 bits per heavy atom. The van der Waals surface area contributed by atoms with E-state index in [1.54, 1.807) is 4.90 Å². The molecule has 1 atom stereocenters. The minimum absolute atomic E-state index is 0.0333. The van der Waals surface area contributed by atoms with Crippen LogP contribution in [0.1, 0.15) is 25.8 Å². The highest BCUT2D eigenvalue weighted by Gasteiger charge is 2.33. The Labute approximate surface area is 127 Å². The first-order valence-corrected chi connectivity index (χ1v) is 7.54. The van der Waals surface area contributed by atoms with Crippen LogP contribution in [-0.2, 0) is 9.59 Å². The van der Waals surface area contributed by atoms with Crippen molar-refractivity contribution in [1.29, 1.82) is 0 Å². The molecule has 2 amide bonds. The van der Waals surface area contributed by atoms with Gasteiger partial charge in [0.15, 0.2) is 0 Å². The van der Waals surface area contributed by atoms with E-state index in [0.29, 0.717) is 12.3 Å². The van der Waals surface area contributed by atoms with Crippen molar-refractivity contribution in [3.05, 3.63) is 28.2 Å². The SMILES string of the molecule is Cc1ccc(N2CC(=O)NC(CC(C)C)C2=O)cc1Br. The van der Waals surface area contributed by atoms with Crippen molar-refractivity contribution in [3.8, 4) is 0 Å². The van der Waals surface area contributed by atoms with Gasteiger partial charge in [0, 0.05) is 10.2 Å². The Bertz CT molecular complexity index is 543. The second kappa shape index (κ2) is 5.95. The molecule has 1 aromatic carbocycles. The minimum Gasteiger partial charge on any atom is -0.343 e. The molecule has 2 rings (SSSR count). The molecule has 1 unspecified atom stereocenters. The second-order valence-corrected chi connectivity index (χ2v) is 6.46. The van der Waals surface area contributed by atoms with Gasteiger partial charge in [-0.05, 0) is 37.0 Å². The van der Waals surface area contributed by atoms with Crippen LogP contribution in [0.4, 0.5) is 5.69 Å². The van der Waals surface area contributed by atoms with Crippen molar-refractivity contribution in [1.82, 2.24) is 5.32 Å². The van der Waals surface area contributed by atoms with E-state index in [-0.39, 0.29) is 18.4 Å². The third-order valence-electron chi connectivity index (χ3n) is 3.38. The summed E-state index contributed by atoms with van der Waals surface area (Å²) in [7, 11) is 0. The molecule has 20 heavy (non-hydrogen) atoms. The Morgan fingerprint density at radius 3 is 2.70 bits per heavy atom. The summed E-state index contributed by atoms with van der Waals surface area (Å²) in [5.74, 6) is 0.218. The maximum absolute atomic E-state index is 12.5. The van der Waals surface area contributed by atoms with Gasteiger partial charge in [0.2, 0.25) is 11.8 Å². The summed E-state index contributed by atoms with van der Waals surface area (Å²) >= 11 is 3.46. The van der Waals surface area contributed by atoms with E-state index in [1.165, 1.54) is 0 Å². The van der Waals surface area contributed by atoms with E-state index < -0.39 is 6.04 Å². The Kier molecular flexibility index (Phi) is 4.48. The first-order valence-electron chi connectivity index (χ1n) is 6.75. The maximum Gasteiger partial charge on any atom is 0.250 e. The average molecular weight is 339 g/mol. The highest BCUT2D eigenvalue weighted by molar-refractivity contribution is 9.10. The number of piperazine rings is 1. The lowest BCUT2D eigenvalue weighted by Crippen LogP contribution is -2.58. The van der Waals surface area contributed by atoms with Gasteiger partial charge in [-0.25, -0.2) is 0 Å². The number of nitrogens with zero attached hydrogens (tertiary/aromatic N) is 1. The number of halogens is 1. The van der Waals surface area contributed by atoms with E-state index in [2.05, 4.69) is 21.2 Å². The first kappa shape index (κ1) is 15.0. The number of carbonyl (C=O) groups excluding carboxylic acids is 2. The summed E-state index contributed by atoms with van der Waals surface area (Å²) in [5, 5.41) is 2.78. The molecule has 1 fully saturated rings. The highest BCUT2D eigenvalue weighted by Crippen LogP contribution is 2.25. The van der Waals surface area contributed by atoms with Gasteiger partial charge in [0.1, 0.15) is 12.6 Å². The standard InChI is InChI=1S/C15H19BrN2O2/c1-9(2)6-13-15(20)18(8-14(19)17-13)11-5-4-10(3)12(16)7-11/h4-5,7,9,13H,6,8H2,1-3H3,(H,17,19). The zero-order valence-corrected chi connectivity index (χ0v) is 13.5. The predicted octanol–water partition coefficient (Wildman–Crippen LogP) is 2.64. The number of benzene rings is 1. The van der Waals surface area contributed by atoms with Crippen molar-refractivity contribution in [2.24, 2.45) is 5.92 Å². The summed E-state index contributed by atoms with van der Waals surface area (Å²) in [6, 6.07) is 5.29. The Balaban J connectivity index is 2.27. The normalized spacial score (nSPS) is 19.4. The van der Waals surface area contributed by atoms with Crippen LogP contribution in [-0.4, -0.2) is 24.4 Å². The molecule has 0 bridgehead atoms.